The summed E-state index contributed by atoms with van der Waals surface area (Å²) in [5.41, 5.74) is 7.21. The molecule has 5 heteroatoms. The third-order valence-corrected chi connectivity index (χ3v) is 4.00. The van der Waals surface area contributed by atoms with Gasteiger partial charge in [-0.05, 0) is 24.3 Å². The lowest BCUT2D eigenvalue weighted by Gasteiger charge is -2.14. The standard InChI is InChI=1S/C10H11N4P/c11-15(12,9-5-1-3-7-13-9)10-6-2-4-8-14-10/h1-8H,(H3,11,12). The van der Waals surface area contributed by atoms with Gasteiger partial charge in [-0.15, -0.1) is 0 Å². The van der Waals surface area contributed by atoms with Gasteiger partial charge in [0.05, 0.1) is 10.9 Å². The van der Waals surface area contributed by atoms with Crippen molar-refractivity contribution in [2.24, 2.45) is 5.50 Å². The van der Waals surface area contributed by atoms with E-state index in [0.717, 1.165) is 0 Å². The van der Waals surface area contributed by atoms with Gasteiger partial charge in [-0.3, -0.25) is 20.6 Å². The Kier molecular flexibility index (Phi) is 2.62. The fraction of sp³-hybridized carbons (Fsp3) is 0. The zero-order valence-corrected chi connectivity index (χ0v) is 8.93. The van der Waals surface area contributed by atoms with Gasteiger partial charge in [0.25, 0.3) is 0 Å². The van der Waals surface area contributed by atoms with E-state index in [2.05, 4.69) is 9.97 Å². The number of nitrogens with one attached hydrogen (secondary N) is 1. The predicted octanol–water partition coefficient (Wildman–Crippen LogP) is 1.08. The molecule has 2 rings (SSSR count). The van der Waals surface area contributed by atoms with Crippen LogP contribution in [0.15, 0.2) is 48.8 Å². The maximum Gasteiger partial charge on any atom is 0.116 e. The summed E-state index contributed by atoms with van der Waals surface area (Å²) in [5, 5.41) is 8.17. The Balaban J connectivity index is 2.50. The molecule has 0 aliphatic carbocycles. The number of rotatable bonds is 2. The molecule has 0 bridgehead atoms. The summed E-state index contributed by atoms with van der Waals surface area (Å²) in [5.74, 6) is 0. The number of hydrogen-bond acceptors (Lipinski definition) is 3. The van der Waals surface area contributed by atoms with Crippen molar-refractivity contribution in [3.8, 4) is 0 Å². The van der Waals surface area contributed by atoms with Crippen LogP contribution < -0.4 is 16.4 Å². The van der Waals surface area contributed by atoms with E-state index < -0.39 is 7.21 Å². The highest BCUT2D eigenvalue weighted by atomic mass is 31.2. The van der Waals surface area contributed by atoms with Gasteiger partial charge in [0, 0.05) is 12.4 Å². The maximum absolute atomic E-state index is 8.17. The van der Waals surface area contributed by atoms with Crippen LogP contribution in [0.25, 0.3) is 0 Å². The fourth-order valence-electron chi connectivity index (χ4n) is 1.24. The number of aromatic nitrogens is 2. The molecule has 0 saturated carbocycles. The Morgan fingerprint density at radius 2 is 1.40 bits per heavy atom. The summed E-state index contributed by atoms with van der Waals surface area (Å²) in [6.45, 7) is 0. The third-order valence-electron chi connectivity index (χ3n) is 2.02. The third kappa shape index (κ3) is 1.96. The number of nitrogens with two attached hydrogens (primary N) is 1. The smallest absolute Gasteiger partial charge is 0.116 e. The van der Waals surface area contributed by atoms with Gasteiger partial charge >= 0.3 is 0 Å². The van der Waals surface area contributed by atoms with Crippen molar-refractivity contribution in [3.63, 3.8) is 0 Å². The van der Waals surface area contributed by atoms with E-state index in [1.165, 1.54) is 0 Å². The highest BCUT2D eigenvalue weighted by Gasteiger charge is 2.18. The van der Waals surface area contributed by atoms with Crippen LogP contribution in [-0.2, 0) is 0 Å². The van der Waals surface area contributed by atoms with Gasteiger partial charge in [-0.25, -0.2) is 0 Å². The minimum atomic E-state index is -2.62. The van der Waals surface area contributed by atoms with Crippen molar-refractivity contribution in [2.45, 2.75) is 0 Å². The van der Waals surface area contributed by atoms with Crippen LogP contribution in [0, 0.1) is 5.16 Å². The molecule has 0 spiro atoms. The van der Waals surface area contributed by atoms with Crippen LogP contribution in [0.5, 0.6) is 0 Å². The quantitative estimate of drug-likeness (QED) is 0.740. The molecule has 0 unspecified atom stereocenters. The summed E-state index contributed by atoms with van der Waals surface area (Å²) in [6, 6.07) is 10.8. The van der Waals surface area contributed by atoms with E-state index in [-0.39, 0.29) is 0 Å². The molecule has 4 nitrogen and oxygen atoms in total. The second-order valence-electron chi connectivity index (χ2n) is 3.10. The monoisotopic (exact) mass is 218 g/mol. The normalized spacial score (nSPS) is 11.3. The summed E-state index contributed by atoms with van der Waals surface area (Å²) in [7, 11) is -2.62. The SMILES string of the molecule is N=P(N)(c1ccccn1)c1ccccn1. The van der Waals surface area contributed by atoms with Crippen LogP contribution >= 0.6 is 7.21 Å². The first kappa shape index (κ1) is 10.0. The van der Waals surface area contributed by atoms with Crippen LogP contribution in [0.1, 0.15) is 0 Å². The molecule has 2 aromatic rings. The molecule has 76 valence electrons. The van der Waals surface area contributed by atoms with E-state index in [0.29, 0.717) is 10.9 Å². The molecule has 0 saturated heterocycles. The summed E-state index contributed by atoms with van der Waals surface area (Å²) in [4.78, 5) is 8.25. The van der Waals surface area contributed by atoms with Crippen molar-refractivity contribution in [2.75, 3.05) is 0 Å². The van der Waals surface area contributed by atoms with Gasteiger partial charge in [0.1, 0.15) is 7.21 Å². The van der Waals surface area contributed by atoms with Crippen molar-refractivity contribution in [1.29, 1.82) is 5.16 Å². The molecule has 15 heavy (non-hydrogen) atoms. The number of nitrogens with zero attached hydrogens (tertiary/aromatic N) is 2. The molecule has 0 radical (unpaired) electrons. The van der Waals surface area contributed by atoms with Crippen LogP contribution in [0.4, 0.5) is 0 Å². The van der Waals surface area contributed by atoms with Gasteiger partial charge in [-0.1, -0.05) is 12.1 Å². The molecule has 0 atom stereocenters. The highest BCUT2D eigenvalue weighted by Crippen LogP contribution is 2.32. The Bertz CT molecular complexity index is 440. The molecular weight excluding hydrogens is 207 g/mol. The van der Waals surface area contributed by atoms with Crippen molar-refractivity contribution >= 4 is 18.1 Å². The lowest BCUT2D eigenvalue weighted by molar-refractivity contribution is 1.34. The van der Waals surface area contributed by atoms with E-state index in [9.17, 15) is 0 Å². The second kappa shape index (κ2) is 3.93. The van der Waals surface area contributed by atoms with Crippen LogP contribution in [0.3, 0.4) is 0 Å². The van der Waals surface area contributed by atoms with Gasteiger partial charge in [-0.2, -0.15) is 0 Å². The largest absolute Gasteiger partial charge is 0.293 e. The molecule has 2 heterocycles. The van der Waals surface area contributed by atoms with Gasteiger partial charge < -0.3 is 0 Å². The lowest BCUT2D eigenvalue weighted by atomic mass is 10.5. The maximum atomic E-state index is 8.17. The Morgan fingerprint density at radius 1 is 0.933 bits per heavy atom. The molecule has 0 amide bonds. The van der Waals surface area contributed by atoms with E-state index in [4.69, 9.17) is 10.7 Å². The lowest BCUT2D eigenvalue weighted by Crippen LogP contribution is -2.25. The number of pyridine rings is 2. The first-order valence-electron chi connectivity index (χ1n) is 4.47. The van der Waals surface area contributed by atoms with Crippen LogP contribution in [-0.4, -0.2) is 9.97 Å². The summed E-state index contributed by atoms with van der Waals surface area (Å²) in [6.07, 6.45) is 3.29. The average molecular weight is 218 g/mol. The first-order valence-corrected chi connectivity index (χ1v) is 6.33. The average Bonchev–Trinajstić information content (AvgIpc) is 2.31. The molecular formula is C10H11N4P. The molecule has 0 fully saturated rings. The zero-order valence-electron chi connectivity index (χ0n) is 8.04. The summed E-state index contributed by atoms with van der Waals surface area (Å²) < 4.78 is 0. The Labute approximate surface area is 88.1 Å². The van der Waals surface area contributed by atoms with Gasteiger partial charge in [0.15, 0.2) is 0 Å². The molecule has 3 N–H and O–H groups in total. The van der Waals surface area contributed by atoms with Crippen molar-refractivity contribution in [3.05, 3.63) is 48.8 Å². The topological polar surface area (TPSA) is 75.7 Å². The van der Waals surface area contributed by atoms with Crippen LogP contribution in [0.2, 0.25) is 0 Å². The van der Waals surface area contributed by atoms with E-state index in [1.54, 1.807) is 24.5 Å². The van der Waals surface area contributed by atoms with E-state index >= 15 is 0 Å². The fourth-order valence-corrected chi connectivity index (χ4v) is 2.62. The van der Waals surface area contributed by atoms with Crippen molar-refractivity contribution < 1.29 is 0 Å². The van der Waals surface area contributed by atoms with Gasteiger partial charge in [0.2, 0.25) is 0 Å². The predicted molar refractivity (Wildman–Crippen MR) is 61.6 cm³/mol. The zero-order chi connectivity index (χ0) is 10.7. The van der Waals surface area contributed by atoms with Crippen molar-refractivity contribution in [1.82, 2.24) is 9.97 Å². The number of hydrogen-bond donors (Lipinski definition) is 2. The molecule has 0 aliphatic heterocycles. The van der Waals surface area contributed by atoms with E-state index in [1.807, 2.05) is 24.3 Å². The molecule has 2 aromatic heterocycles. The summed E-state index contributed by atoms with van der Waals surface area (Å²) >= 11 is 0. The minimum Gasteiger partial charge on any atom is -0.293 e. The molecule has 0 aromatic carbocycles. The molecule has 0 aliphatic rings. The Hall–Kier alpha value is -1.51. The highest BCUT2D eigenvalue weighted by molar-refractivity contribution is 7.77. The second-order valence-corrected chi connectivity index (χ2v) is 5.46. The Morgan fingerprint density at radius 3 is 1.73 bits per heavy atom. The first-order chi connectivity index (χ1) is 7.21. The minimum absolute atomic E-state index is 0.601.